The number of aliphatic hydroxyl groups excluding tert-OH is 1. The molecule has 2 heterocycles. The topological polar surface area (TPSA) is 95.7 Å². The molecule has 2 N–H and O–H groups in total. The van der Waals surface area contributed by atoms with Crippen molar-refractivity contribution in [1.29, 1.82) is 0 Å². The summed E-state index contributed by atoms with van der Waals surface area (Å²) >= 11 is 1.51. The molecule has 1 saturated heterocycles. The Kier molecular flexibility index (Phi) is 5.63. The van der Waals surface area contributed by atoms with Crippen LogP contribution in [0, 0.1) is 6.92 Å². The van der Waals surface area contributed by atoms with Crippen LogP contribution in [0.3, 0.4) is 0 Å². The van der Waals surface area contributed by atoms with E-state index in [4.69, 9.17) is 4.52 Å². The first-order chi connectivity index (χ1) is 12.5. The molecule has 1 aromatic heterocycles. The van der Waals surface area contributed by atoms with Crippen molar-refractivity contribution in [2.24, 2.45) is 0 Å². The minimum absolute atomic E-state index is 0.106. The van der Waals surface area contributed by atoms with Crippen molar-refractivity contribution in [2.45, 2.75) is 30.4 Å². The molecule has 138 valence electrons. The second-order valence-corrected chi connectivity index (χ2v) is 7.06. The number of hydrogen-bond acceptors (Lipinski definition) is 6. The monoisotopic (exact) mass is 375 g/mol. The molecular weight excluding hydrogens is 354 g/mol. The van der Waals surface area contributed by atoms with E-state index in [1.54, 1.807) is 24.0 Å². The summed E-state index contributed by atoms with van der Waals surface area (Å²) in [5.74, 6) is 0.0490. The maximum atomic E-state index is 12.8. The molecule has 1 fully saturated rings. The van der Waals surface area contributed by atoms with Gasteiger partial charge in [0.15, 0.2) is 5.69 Å². The van der Waals surface area contributed by atoms with Gasteiger partial charge in [0, 0.05) is 24.1 Å². The van der Waals surface area contributed by atoms with Crippen molar-refractivity contribution in [3.05, 3.63) is 47.3 Å². The van der Waals surface area contributed by atoms with Crippen molar-refractivity contribution >= 4 is 23.6 Å². The molecule has 0 radical (unpaired) electrons. The highest BCUT2D eigenvalue weighted by Crippen LogP contribution is 2.23. The van der Waals surface area contributed by atoms with Crippen LogP contribution in [0.15, 0.2) is 39.8 Å². The van der Waals surface area contributed by atoms with E-state index in [9.17, 15) is 14.7 Å². The average Bonchev–Trinajstić information content (AvgIpc) is 3.09. The number of rotatable bonds is 4. The van der Waals surface area contributed by atoms with Crippen LogP contribution in [0.5, 0.6) is 0 Å². The second-order valence-electron chi connectivity index (χ2n) is 6.21. The van der Waals surface area contributed by atoms with Gasteiger partial charge in [0.05, 0.1) is 17.7 Å². The Balaban J connectivity index is 1.63. The molecule has 0 spiro atoms. The van der Waals surface area contributed by atoms with E-state index in [1.807, 2.05) is 24.5 Å². The minimum Gasteiger partial charge on any atom is -0.389 e. The number of benzene rings is 1. The molecule has 2 amide bonds. The Morgan fingerprint density at radius 2 is 2.15 bits per heavy atom. The number of aryl methyl sites for hydroxylation is 1. The zero-order chi connectivity index (χ0) is 18.7. The van der Waals surface area contributed by atoms with E-state index in [-0.39, 0.29) is 18.1 Å². The largest absolute Gasteiger partial charge is 0.389 e. The summed E-state index contributed by atoms with van der Waals surface area (Å²) in [7, 11) is 0. The lowest BCUT2D eigenvalue weighted by atomic mass is 10.0. The van der Waals surface area contributed by atoms with Crippen molar-refractivity contribution in [2.75, 3.05) is 19.3 Å². The smallest absolute Gasteiger partial charge is 0.273 e. The molecule has 26 heavy (non-hydrogen) atoms. The van der Waals surface area contributed by atoms with Crippen LogP contribution >= 0.6 is 11.8 Å². The molecule has 1 aliphatic rings. The van der Waals surface area contributed by atoms with Crippen molar-refractivity contribution in [3.63, 3.8) is 0 Å². The SMILES string of the molecule is CSc1ccccc1C(=O)N1CC[C@@H](NC(=O)c2cc(C)on2)[C@H](O)C1. The van der Waals surface area contributed by atoms with Crippen LogP contribution in [0.25, 0.3) is 0 Å². The molecular formula is C18H21N3O4S. The first-order valence-corrected chi connectivity index (χ1v) is 9.56. The molecule has 0 bridgehead atoms. The predicted octanol–water partition coefficient (Wildman–Crippen LogP) is 1.71. The fraction of sp³-hybridized carbons (Fsp3) is 0.389. The molecule has 3 rings (SSSR count). The van der Waals surface area contributed by atoms with Gasteiger partial charge in [-0.1, -0.05) is 17.3 Å². The predicted molar refractivity (Wildman–Crippen MR) is 97.2 cm³/mol. The van der Waals surface area contributed by atoms with E-state index >= 15 is 0 Å². The number of likely N-dealkylation sites (tertiary alicyclic amines) is 1. The van der Waals surface area contributed by atoms with Gasteiger partial charge < -0.3 is 19.8 Å². The van der Waals surface area contributed by atoms with E-state index in [1.165, 1.54) is 11.8 Å². The molecule has 0 aliphatic carbocycles. The number of carbonyl (C=O) groups is 2. The normalized spacial score (nSPS) is 20.0. The van der Waals surface area contributed by atoms with Crippen LogP contribution < -0.4 is 5.32 Å². The third-order valence-corrected chi connectivity index (χ3v) is 5.18. The maximum absolute atomic E-state index is 12.8. The Morgan fingerprint density at radius 1 is 1.38 bits per heavy atom. The molecule has 7 nitrogen and oxygen atoms in total. The Hall–Kier alpha value is -2.32. The van der Waals surface area contributed by atoms with Crippen LogP contribution in [0.4, 0.5) is 0 Å². The molecule has 8 heteroatoms. The molecule has 0 unspecified atom stereocenters. The van der Waals surface area contributed by atoms with Crippen LogP contribution in [0.1, 0.15) is 33.0 Å². The number of amides is 2. The average molecular weight is 375 g/mol. The highest BCUT2D eigenvalue weighted by Gasteiger charge is 2.32. The summed E-state index contributed by atoms with van der Waals surface area (Å²) in [6.07, 6.45) is 1.55. The van der Waals surface area contributed by atoms with E-state index in [0.717, 1.165) is 4.90 Å². The quantitative estimate of drug-likeness (QED) is 0.790. The second kappa shape index (κ2) is 7.92. The van der Waals surface area contributed by atoms with E-state index in [2.05, 4.69) is 10.5 Å². The van der Waals surface area contributed by atoms with Gasteiger partial charge in [-0.2, -0.15) is 0 Å². The number of aromatic nitrogens is 1. The molecule has 1 aromatic carbocycles. The van der Waals surface area contributed by atoms with Gasteiger partial charge in [-0.25, -0.2) is 0 Å². The number of β-amino-alcohol motifs (C(OH)–C–C–N with tert-alkyl or cyclic N) is 1. The Bertz CT molecular complexity index is 807. The minimum atomic E-state index is -0.842. The van der Waals surface area contributed by atoms with Gasteiger partial charge >= 0.3 is 0 Å². The third kappa shape index (κ3) is 3.91. The van der Waals surface area contributed by atoms with Crippen LogP contribution in [0.2, 0.25) is 0 Å². The van der Waals surface area contributed by atoms with E-state index < -0.39 is 18.1 Å². The summed E-state index contributed by atoms with van der Waals surface area (Å²) in [5, 5.41) is 16.8. The molecule has 2 aromatic rings. The first-order valence-electron chi connectivity index (χ1n) is 8.34. The highest BCUT2D eigenvalue weighted by molar-refractivity contribution is 7.98. The van der Waals surface area contributed by atoms with Gasteiger partial charge in [0.2, 0.25) is 0 Å². The van der Waals surface area contributed by atoms with Gasteiger partial charge in [-0.15, -0.1) is 11.8 Å². The van der Waals surface area contributed by atoms with Crippen molar-refractivity contribution < 1.29 is 19.2 Å². The number of nitrogens with one attached hydrogen (secondary N) is 1. The van der Waals surface area contributed by atoms with Gasteiger partial charge in [-0.3, -0.25) is 9.59 Å². The van der Waals surface area contributed by atoms with Crippen LogP contribution in [-0.2, 0) is 0 Å². The lowest BCUT2D eigenvalue weighted by Gasteiger charge is -2.36. The fourth-order valence-corrected chi connectivity index (χ4v) is 3.58. The standard InChI is InChI=1S/C18H21N3O4S/c1-11-9-14(20-25-11)17(23)19-13-7-8-21(10-15(13)22)18(24)12-5-3-4-6-16(12)26-2/h3-6,9,13,15,22H,7-8,10H2,1-2H3,(H,19,23)/t13-,15-/m1/s1. The number of thioether (sulfide) groups is 1. The lowest BCUT2D eigenvalue weighted by Crippen LogP contribution is -2.55. The third-order valence-electron chi connectivity index (χ3n) is 4.38. The number of piperidine rings is 1. The zero-order valence-electron chi connectivity index (χ0n) is 14.6. The summed E-state index contributed by atoms with van der Waals surface area (Å²) in [6, 6.07) is 8.53. The Labute approximate surface area is 155 Å². The summed E-state index contributed by atoms with van der Waals surface area (Å²) in [5.41, 5.74) is 0.815. The van der Waals surface area contributed by atoms with E-state index in [0.29, 0.717) is 24.3 Å². The zero-order valence-corrected chi connectivity index (χ0v) is 15.5. The van der Waals surface area contributed by atoms with Gasteiger partial charge in [0.25, 0.3) is 11.8 Å². The molecule has 2 atom stereocenters. The Morgan fingerprint density at radius 3 is 2.81 bits per heavy atom. The molecule has 0 saturated carbocycles. The fourth-order valence-electron chi connectivity index (χ4n) is 2.99. The molecule has 1 aliphatic heterocycles. The van der Waals surface area contributed by atoms with Crippen LogP contribution in [-0.4, -0.2) is 58.5 Å². The number of aliphatic hydroxyl groups is 1. The van der Waals surface area contributed by atoms with Gasteiger partial charge in [0.1, 0.15) is 5.76 Å². The lowest BCUT2D eigenvalue weighted by molar-refractivity contribution is 0.0311. The first kappa shape index (κ1) is 18.5. The van der Waals surface area contributed by atoms with Crippen molar-refractivity contribution in [1.82, 2.24) is 15.4 Å². The highest BCUT2D eigenvalue weighted by atomic mass is 32.2. The summed E-state index contributed by atoms with van der Waals surface area (Å²) in [6.45, 7) is 2.33. The summed E-state index contributed by atoms with van der Waals surface area (Å²) < 4.78 is 4.89. The maximum Gasteiger partial charge on any atom is 0.273 e. The number of carbonyl (C=O) groups excluding carboxylic acids is 2. The number of hydrogen-bond donors (Lipinski definition) is 2. The van der Waals surface area contributed by atoms with Gasteiger partial charge in [-0.05, 0) is 31.7 Å². The number of nitrogens with zero attached hydrogens (tertiary/aromatic N) is 2. The van der Waals surface area contributed by atoms with Crippen molar-refractivity contribution in [3.8, 4) is 0 Å². The summed E-state index contributed by atoms with van der Waals surface area (Å²) in [4.78, 5) is 27.5.